The number of rotatable bonds is 7. The Morgan fingerprint density at radius 3 is 2.32 bits per heavy atom. The van der Waals surface area contributed by atoms with Crippen molar-refractivity contribution in [3.05, 3.63) is 138 Å². The van der Waals surface area contributed by atoms with Crippen LogP contribution in [-0.4, -0.2) is 6.54 Å². The van der Waals surface area contributed by atoms with Crippen LogP contribution in [0.1, 0.15) is 35.2 Å². The molecular formula is C31H33N3. The van der Waals surface area contributed by atoms with Crippen molar-refractivity contribution in [2.24, 2.45) is 0 Å². The summed E-state index contributed by atoms with van der Waals surface area (Å²) in [6.45, 7) is 11.0. The van der Waals surface area contributed by atoms with Gasteiger partial charge in [0.05, 0.1) is 11.7 Å². The van der Waals surface area contributed by atoms with Crippen molar-refractivity contribution >= 4 is 17.1 Å². The number of anilines is 2. The SMILES string of the molecule is C=C(C)/C=C\C=C/N(c1ccc(C2=CNC(c3ccc(C)cc3)CN2)cc1)c1ccccc1C. The van der Waals surface area contributed by atoms with E-state index in [-0.39, 0.29) is 6.04 Å². The number of hydrogen-bond donors (Lipinski definition) is 2. The van der Waals surface area contributed by atoms with E-state index in [0.29, 0.717) is 0 Å². The minimum atomic E-state index is 0.276. The Bertz CT molecular complexity index is 1210. The van der Waals surface area contributed by atoms with E-state index in [4.69, 9.17) is 0 Å². The van der Waals surface area contributed by atoms with E-state index in [1.165, 1.54) is 16.7 Å². The third-order valence-electron chi connectivity index (χ3n) is 5.96. The van der Waals surface area contributed by atoms with Gasteiger partial charge in [0.15, 0.2) is 0 Å². The van der Waals surface area contributed by atoms with Gasteiger partial charge in [0.2, 0.25) is 0 Å². The molecule has 172 valence electrons. The summed E-state index contributed by atoms with van der Waals surface area (Å²) in [6.07, 6.45) is 10.3. The zero-order valence-corrected chi connectivity index (χ0v) is 20.3. The highest BCUT2D eigenvalue weighted by Crippen LogP contribution is 2.30. The molecule has 2 N–H and O–H groups in total. The van der Waals surface area contributed by atoms with E-state index >= 15 is 0 Å². The van der Waals surface area contributed by atoms with Crippen molar-refractivity contribution in [2.45, 2.75) is 26.8 Å². The van der Waals surface area contributed by atoms with Gasteiger partial charge >= 0.3 is 0 Å². The lowest BCUT2D eigenvalue weighted by molar-refractivity contribution is 0.573. The Kier molecular flexibility index (Phi) is 7.34. The van der Waals surface area contributed by atoms with E-state index in [1.54, 1.807) is 0 Å². The molecule has 34 heavy (non-hydrogen) atoms. The minimum absolute atomic E-state index is 0.276. The molecule has 0 bridgehead atoms. The van der Waals surface area contributed by atoms with E-state index in [2.05, 4.69) is 127 Å². The summed E-state index contributed by atoms with van der Waals surface area (Å²) in [7, 11) is 0. The van der Waals surface area contributed by atoms with Gasteiger partial charge in [-0.15, -0.1) is 0 Å². The molecule has 1 heterocycles. The fourth-order valence-corrected chi connectivity index (χ4v) is 4.00. The molecule has 3 heteroatoms. The van der Waals surface area contributed by atoms with E-state index in [0.717, 1.165) is 34.8 Å². The van der Waals surface area contributed by atoms with E-state index in [9.17, 15) is 0 Å². The molecule has 1 aliphatic heterocycles. The number of benzene rings is 3. The van der Waals surface area contributed by atoms with Crippen LogP contribution >= 0.6 is 0 Å². The highest BCUT2D eigenvalue weighted by Gasteiger charge is 2.16. The summed E-state index contributed by atoms with van der Waals surface area (Å²) in [5.41, 5.74) is 9.38. The van der Waals surface area contributed by atoms with Crippen molar-refractivity contribution in [1.29, 1.82) is 0 Å². The lowest BCUT2D eigenvalue weighted by Gasteiger charge is -2.27. The fraction of sp³-hybridized carbons (Fsp3) is 0.161. The molecule has 0 saturated heterocycles. The molecular weight excluding hydrogens is 414 g/mol. The van der Waals surface area contributed by atoms with Crippen molar-refractivity contribution in [1.82, 2.24) is 10.6 Å². The molecule has 0 aliphatic carbocycles. The standard InChI is InChI=1S/C31H33N3/c1-23(2)9-7-8-20-34(31-11-6-5-10-25(31)4)28-18-16-27(17-19-28)30-22-32-29(21-33-30)26-14-12-24(3)13-15-26/h5-20,22,29,32-33H,1,21H2,2-4H3/b9-7-,20-8-. The van der Waals surface area contributed by atoms with Gasteiger partial charge < -0.3 is 15.5 Å². The molecule has 3 nitrogen and oxygen atoms in total. The van der Waals surface area contributed by atoms with Crippen LogP contribution in [0.4, 0.5) is 11.4 Å². The number of hydrogen-bond acceptors (Lipinski definition) is 3. The van der Waals surface area contributed by atoms with E-state index < -0.39 is 0 Å². The molecule has 0 radical (unpaired) electrons. The quantitative estimate of drug-likeness (QED) is 0.372. The van der Waals surface area contributed by atoms with Gasteiger partial charge in [0, 0.05) is 30.3 Å². The lowest BCUT2D eigenvalue weighted by Crippen LogP contribution is -2.33. The summed E-state index contributed by atoms with van der Waals surface area (Å²) < 4.78 is 0. The Labute approximate surface area is 203 Å². The largest absolute Gasteiger partial charge is 0.381 e. The Morgan fingerprint density at radius 1 is 0.941 bits per heavy atom. The predicted octanol–water partition coefficient (Wildman–Crippen LogP) is 7.32. The molecule has 4 rings (SSSR count). The van der Waals surface area contributed by atoms with E-state index in [1.807, 2.05) is 19.1 Å². The van der Waals surface area contributed by atoms with Crippen LogP contribution in [0.25, 0.3) is 5.70 Å². The predicted molar refractivity (Wildman–Crippen MR) is 146 cm³/mol. The van der Waals surface area contributed by atoms with Crippen LogP contribution in [0, 0.1) is 13.8 Å². The van der Waals surface area contributed by atoms with Crippen LogP contribution < -0.4 is 15.5 Å². The van der Waals surface area contributed by atoms with Crippen LogP contribution in [0.15, 0.2) is 116 Å². The lowest BCUT2D eigenvalue weighted by atomic mass is 10.0. The molecule has 0 spiro atoms. The number of nitrogens with zero attached hydrogens (tertiary/aromatic N) is 1. The molecule has 0 saturated carbocycles. The van der Waals surface area contributed by atoms with Gasteiger partial charge in [0.1, 0.15) is 0 Å². The molecule has 0 fully saturated rings. The van der Waals surface area contributed by atoms with Gasteiger partial charge in [0.25, 0.3) is 0 Å². The van der Waals surface area contributed by atoms with Crippen LogP contribution in [0.5, 0.6) is 0 Å². The first-order valence-electron chi connectivity index (χ1n) is 11.7. The number of aryl methyl sites for hydroxylation is 2. The molecule has 0 aromatic heterocycles. The molecule has 3 aromatic carbocycles. The van der Waals surface area contributed by atoms with Gasteiger partial charge in [-0.1, -0.05) is 84.5 Å². The number of para-hydroxylation sites is 1. The monoisotopic (exact) mass is 447 g/mol. The van der Waals surface area contributed by atoms with Crippen LogP contribution in [0.3, 0.4) is 0 Å². The summed E-state index contributed by atoms with van der Waals surface area (Å²) >= 11 is 0. The molecule has 1 atom stereocenters. The number of allylic oxidation sites excluding steroid dienone is 4. The third-order valence-corrected chi connectivity index (χ3v) is 5.96. The highest BCUT2D eigenvalue weighted by atomic mass is 15.1. The minimum Gasteiger partial charge on any atom is -0.381 e. The Morgan fingerprint density at radius 2 is 1.68 bits per heavy atom. The Hall–Kier alpha value is -3.98. The second-order valence-corrected chi connectivity index (χ2v) is 8.82. The van der Waals surface area contributed by atoms with Gasteiger partial charge in [-0.05, 0) is 61.7 Å². The zero-order chi connectivity index (χ0) is 23.9. The highest BCUT2D eigenvalue weighted by molar-refractivity contribution is 5.72. The van der Waals surface area contributed by atoms with Crippen molar-refractivity contribution in [3.63, 3.8) is 0 Å². The topological polar surface area (TPSA) is 27.3 Å². The summed E-state index contributed by atoms with van der Waals surface area (Å²) in [6, 6.07) is 26.1. The average molecular weight is 448 g/mol. The fourth-order valence-electron chi connectivity index (χ4n) is 4.00. The maximum absolute atomic E-state index is 3.93. The third kappa shape index (κ3) is 5.68. The van der Waals surface area contributed by atoms with Crippen LogP contribution in [-0.2, 0) is 0 Å². The van der Waals surface area contributed by atoms with Gasteiger partial charge in [-0.25, -0.2) is 0 Å². The normalized spacial score (nSPS) is 15.6. The summed E-state index contributed by atoms with van der Waals surface area (Å²) in [5.74, 6) is 0. The first-order chi connectivity index (χ1) is 16.5. The van der Waals surface area contributed by atoms with Crippen molar-refractivity contribution in [2.75, 3.05) is 11.4 Å². The van der Waals surface area contributed by atoms with Crippen molar-refractivity contribution < 1.29 is 0 Å². The number of nitrogens with one attached hydrogen (secondary N) is 2. The van der Waals surface area contributed by atoms with Crippen LogP contribution in [0.2, 0.25) is 0 Å². The average Bonchev–Trinajstić information content (AvgIpc) is 2.85. The summed E-state index contributed by atoms with van der Waals surface area (Å²) in [4.78, 5) is 2.22. The maximum Gasteiger partial charge on any atom is 0.0681 e. The smallest absolute Gasteiger partial charge is 0.0681 e. The maximum atomic E-state index is 3.93. The molecule has 1 aliphatic rings. The second kappa shape index (κ2) is 10.8. The van der Waals surface area contributed by atoms with Gasteiger partial charge in [-0.2, -0.15) is 0 Å². The molecule has 3 aromatic rings. The molecule has 1 unspecified atom stereocenters. The Balaban J connectivity index is 1.53. The molecule has 0 amide bonds. The summed E-state index contributed by atoms with van der Waals surface area (Å²) in [5, 5.41) is 7.15. The van der Waals surface area contributed by atoms with Crippen molar-refractivity contribution in [3.8, 4) is 0 Å². The second-order valence-electron chi connectivity index (χ2n) is 8.82. The first-order valence-corrected chi connectivity index (χ1v) is 11.7. The zero-order valence-electron chi connectivity index (χ0n) is 20.3. The first kappa shape index (κ1) is 23.2. The van der Waals surface area contributed by atoms with Gasteiger partial charge in [-0.3, -0.25) is 0 Å².